The van der Waals surface area contributed by atoms with Crippen molar-refractivity contribution in [2.45, 2.75) is 0 Å². The standard InChI is InChI=1S/C13H19N7O4/c1-17(2)10-14-11(18(3)4)16-12(15-10)20-6-8(21)19(13(20)23)7-9(22)24-5/h6-7H2,1-5H3. The van der Waals surface area contributed by atoms with Gasteiger partial charge in [0.25, 0.3) is 5.91 Å². The Kier molecular flexibility index (Phi) is 4.81. The molecule has 0 aliphatic carbocycles. The third kappa shape index (κ3) is 3.34. The highest BCUT2D eigenvalue weighted by Crippen LogP contribution is 2.21. The van der Waals surface area contributed by atoms with E-state index in [9.17, 15) is 14.4 Å². The zero-order valence-electron chi connectivity index (χ0n) is 14.2. The molecule has 1 fully saturated rings. The van der Waals surface area contributed by atoms with Crippen LogP contribution in [0.1, 0.15) is 0 Å². The Bertz CT molecular complexity index is 650. The second kappa shape index (κ2) is 6.64. The van der Waals surface area contributed by atoms with E-state index < -0.39 is 24.5 Å². The monoisotopic (exact) mass is 337 g/mol. The van der Waals surface area contributed by atoms with Crippen molar-refractivity contribution < 1.29 is 19.1 Å². The Morgan fingerprint density at radius 3 is 2.08 bits per heavy atom. The number of amides is 3. The number of rotatable bonds is 5. The van der Waals surface area contributed by atoms with Crippen LogP contribution in [0.4, 0.5) is 22.6 Å². The van der Waals surface area contributed by atoms with Crippen LogP contribution in [-0.4, -0.2) is 86.1 Å². The molecule has 0 bridgehead atoms. The molecule has 1 aromatic rings. The second-order valence-corrected chi connectivity index (χ2v) is 5.45. The Morgan fingerprint density at radius 2 is 1.62 bits per heavy atom. The van der Waals surface area contributed by atoms with Crippen LogP contribution in [0.15, 0.2) is 0 Å². The van der Waals surface area contributed by atoms with Crippen molar-refractivity contribution in [1.29, 1.82) is 0 Å². The summed E-state index contributed by atoms with van der Waals surface area (Å²) < 4.78 is 4.49. The molecule has 3 amide bonds. The largest absolute Gasteiger partial charge is 0.468 e. The molecule has 0 saturated carbocycles. The van der Waals surface area contributed by atoms with Crippen molar-refractivity contribution in [3.63, 3.8) is 0 Å². The number of aromatic nitrogens is 3. The van der Waals surface area contributed by atoms with Gasteiger partial charge in [-0.3, -0.25) is 19.4 Å². The Labute approximate surface area is 138 Å². The minimum absolute atomic E-state index is 0.0446. The van der Waals surface area contributed by atoms with E-state index in [1.165, 1.54) is 7.11 Å². The number of carbonyl (C=O) groups excluding carboxylic acids is 3. The number of urea groups is 1. The average Bonchev–Trinajstić information content (AvgIpc) is 2.82. The van der Waals surface area contributed by atoms with Gasteiger partial charge in [-0.25, -0.2) is 4.79 Å². The Hall–Kier alpha value is -2.98. The number of nitrogens with zero attached hydrogens (tertiary/aromatic N) is 7. The predicted octanol–water partition coefficient (Wildman–Crippen LogP) is -1.05. The molecular formula is C13H19N7O4. The molecule has 0 atom stereocenters. The zero-order chi connectivity index (χ0) is 18.0. The van der Waals surface area contributed by atoms with E-state index in [0.717, 1.165) is 9.80 Å². The highest BCUT2D eigenvalue weighted by atomic mass is 16.5. The van der Waals surface area contributed by atoms with Crippen LogP contribution in [0.5, 0.6) is 0 Å². The lowest BCUT2D eigenvalue weighted by Crippen LogP contribution is -2.38. The van der Waals surface area contributed by atoms with Gasteiger partial charge in [-0.2, -0.15) is 15.0 Å². The van der Waals surface area contributed by atoms with Crippen molar-refractivity contribution in [2.24, 2.45) is 0 Å². The molecule has 11 nitrogen and oxygen atoms in total. The molecular weight excluding hydrogens is 318 g/mol. The van der Waals surface area contributed by atoms with Gasteiger partial charge in [0, 0.05) is 28.2 Å². The first kappa shape index (κ1) is 17.4. The second-order valence-electron chi connectivity index (χ2n) is 5.45. The molecule has 130 valence electrons. The van der Waals surface area contributed by atoms with Gasteiger partial charge >= 0.3 is 12.0 Å². The maximum absolute atomic E-state index is 12.4. The summed E-state index contributed by atoms with van der Waals surface area (Å²) in [5.74, 6) is -0.477. The van der Waals surface area contributed by atoms with E-state index in [4.69, 9.17) is 0 Å². The number of ether oxygens (including phenoxy) is 1. The zero-order valence-corrected chi connectivity index (χ0v) is 14.2. The minimum atomic E-state index is -0.683. The first-order valence-corrected chi connectivity index (χ1v) is 7.04. The number of carbonyl (C=O) groups is 3. The fourth-order valence-corrected chi connectivity index (χ4v) is 1.91. The van der Waals surface area contributed by atoms with Crippen LogP contribution in [0.3, 0.4) is 0 Å². The van der Waals surface area contributed by atoms with Crippen molar-refractivity contribution in [2.75, 3.05) is 63.1 Å². The van der Waals surface area contributed by atoms with Crippen molar-refractivity contribution >= 4 is 35.8 Å². The minimum Gasteiger partial charge on any atom is -0.468 e. The summed E-state index contributed by atoms with van der Waals surface area (Å²) in [6.07, 6.45) is 0. The number of anilines is 3. The number of hydrogen-bond acceptors (Lipinski definition) is 9. The van der Waals surface area contributed by atoms with Gasteiger partial charge in [-0.1, -0.05) is 0 Å². The lowest BCUT2D eigenvalue weighted by atomic mass is 10.5. The molecule has 0 radical (unpaired) electrons. The SMILES string of the molecule is COC(=O)CN1C(=O)CN(c2nc(N(C)C)nc(N(C)C)n2)C1=O. The van der Waals surface area contributed by atoms with Crippen LogP contribution in [0.2, 0.25) is 0 Å². The summed E-state index contributed by atoms with van der Waals surface area (Å²) in [6, 6.07) is -0.675. The van der Waals surface area contributed by atoms with Crippen LogP contribution >= 0.6 is 0 Å². The van der Waals surface area contributed by atoms with E-state index in [2.05, 4.69) is 19.7 Å². The van der Waals surface area contributed by atoms with E-state index in [1.54, 1.807) is 38.0 Å². The predicted molar refractivity (Wildman–Crippen MR) is 85.0 cm³/mol. The fraction of sp³-hybridized carbons (Fsp3) is 0.538. The van der Waals surface area contributed by atoms with Gasteiger partial charge in [-0.15, -0.1) is 0 Å². The summed E-state index contributed by atoms with van der Waals surface area (Å²) in [5, 5.41) is 0. The van der Waals surface area contributed by atoms with E-state index in [-0.39, 0.29) is 12.5 Å². The average molecular weight is 337 g/mol. The molecule has 2 rings (SSSR count). The summed E-state index contributed by atoms with van der Waals surface area (Å²) in [6.45, 7) is -0.698. The lowest BCUT2D eigenvalue weighted by molar-refractivity contribution is -0.144. The molecule has 24 heavy (non-hydrogen) atoms. The lowest BCUT2D eigenvalue weighted by Gasteiger charge is -2.19. The quantitative estimate of drug-likeness (QED) is 0.490. The third-order valence-electron chi connectivity index (χ3n) is 3.21. The van der Waals surface area contributed by atoms with Gasteiger partial charge in [0.05, 0.1) is 7.11 Å². The molecule has 1 aromatic heterocycles. The normalized spacial score (nSPS) is 14.2. The molecule has 2 heterocycles. The van der Waals surface area contributed by atoms with E-state index in [1.807, 2.05) is 0 Å². The van der Waals surface area contributed by atoms with Crippen molar-refractivity contribution in [3.05, 3.63) is 0 Å². The molecule has 0 unspecified atom stereocenters. The maximum Gasteiger partial charge on any atom is 0.334 e. The molecule has 1 saturated heterocycles. The summed E-state index contributed by atoms with van der Waals surface area (Å²) >= 11 is 0. The highest BCUT2D eigenvalue weighted by molar-refractivity contribution is 6.12. The van der Waals surface area contributed by atoms with E-state index >= 15 is 0 Å². The summed E-state index contributed by atoms with van der Waals surface area (Å²) in [5.41, 5.74) is 0. The van der Waals surface area contributed by atoms with Crippen LogP contribution in [0.25, 0.3) is 0 Å². The van der Waals surface area contributed by atoms with Crippen LogP contribution < -0.4 is 14.7 Å². The summed E-state index contributed by atoms with van der Waals surface area (Å²) in [7, 11) is 8.18. The van der Waals surface area contributed by atoms with Crippen LogP contribution in [-0.2, 0) is 14.3 Å². The van der Waals surface area contributed by atoms with Gasteiger partial charge in [0.1, 0.15) is 13.1 Å². The van der Waals surface area contributed by atoms with Crippen LogP contribution in [0, 0.1) is 0 Å². The maximum atomic E-state index is 12.4. The number of methoxy groups -OCH3 is 1. The smallest absolute Gasteiger partial charge is 0.334 e. The van der Waals surface area contributed by atoms with Crippen molar-refractivity contribution in [3.8, 4) is 0 Å². The Morgan fingerprint density at radius 1 is 1.08 bits per heavy atom. The van der Waals surface area contributed by atoms with Crippen molar-refractivity contribution in [1.82, 2.24) is 19.9 Å². The topological polar surface area (TPSA) is 112 Å². The molecule has 11 heteroatoms. The van der Waals surface area contributed by atoms with Gasteiger partial charge in [-0.05, 0) is 0 Å². The molecule has 1 aliphatic rings. The summed E-state index contributed by atoms with van der Waals surface area (Å²) in [4.78, 5) is 53.7. The van der Waals surface area contributed by atoms with Gasteiger partial charge < -0.3 is 14.5 Å². The van der Waals surface area contributed by atoms with E-state index in [0.29, 0.717) is 11.9 Å². The number of esters is 1. The first-order chi connectivity index (χ1) is 11.2. The number of imide groups is 1. The number of hydrogen-bond donors (Lipinski definition) is 0. The first-order valence-electron chi connectivity index (χ1n) is 7.04. The molecule has 0 spiro atoms. The van der Waals surface area contributed by atoms with Gasteiger partial charge in [0.2, 0.25) is 17.8 Å². The molecule has 0 aromatic carbocycles. The Balaban J connectivity index is 2.36. The third-order valence-corrected chi connectivity index (χ3v) is 3.21. The van der Waals surface area contributed by atoms with Gasteiger partial charge in [0.15, 0.2) is 0 Å². The highest BCUT2D eigenvalue weighted by Gasteiger charge is 2.40. The fourth-order valence-electron chi connectivity index (χ4n) is 1.91. The molecule has 0 N–H and O–H groups in total. The molecule has 1 aliphatic heterocycles.